The quantitative estimate of drug-likeness (QED) is 0.381. The van der Waals surface area contributed by atoms with E-state index in [9.17, 15) is 14.7 Å². The van der Waals surface area contributed by atoms with Crippen LogP contribution in [0, 0.1) is 4.77 Å². The third-order valence-electron chi connectivity index (χ3n) is 5.94. The van der Waals surface area contributed by atoms with Gasteiger partial charge in [-0.3, -0.25) is 19.1 Å². The van der Waals surface area contributed by atoms with Crippen molar-refractivity contribution in [2.75, 3.05) is 6.54 Å². The van der Waals surface area contributed by atoms with Crippen molar-refractivity contribution in [2.24, 2.45) is 4.99 Å². The highest BCUT2D eigenvalue weighted by molar-refractivity contribution is 7.71. The van der Waals surface area contributed by atoms with Crippen molar-refractivity contribution < 1.29 is 9.90 Å². The summed E-state index contributed by atoms with van der Waals surface area (Å²) in [5.74, 6) is -0.388. The number of para-hydroxylation sites is 1. The van der Waals surface area contributed by atoms with E-state index < -0.39 is 5.56 Å². The first-order chi connectivity index (χ1) is 16.9. The lowest BCUT2D eigenvalue weighted by Gasteiger charge is -2.14. The van der Waals surface area contributed by atoms with Crippen LogP contribution in [-0.4, -0.2) is 27.1 Å². The zero-order valence-corrected chi connectivity index (χ0v) is 19.7. The minimum absolute atomic E-state index is 0.0510. The fourth-order valence-corrected chi connectivity index (χ4v) is 4.62. The van der Waals surface area contributed by atoms with E-state index in [4.69, 9.17) is 17.2 Å². The maximum absolute atomic E-state index is 12.9. The fraction of sp³-hybridized carbons (Fsp3) is 0.111. The third kappa shape index (κ3) is 4.20. The Balaban J connectivity index is 1.69. The Bertz CT molecular complexity index is 1760. The minimum Gasteiger partial charge on any atom is -0.494 e. The van der Waals surface area contributed by atoms with Gasteiger partial charge in [-0.05, 0) is 47.8 Å². The molecule has 3 N–H and O–H groups in total. The van der Waals surface area contributed by atoms with Gasteiger partial charge in [0.1, 0.15) is 5.56 Å². The highest BCUT2D eigenvalue weighted by atomic mass is 32.1. The number of fused-ring (bicyclic) bond motifs is 2. The molecule has 174 valence electrons. The topological polar surface area (TPSA) is 99.5 Å². The summed E-state index contributed by atoms with van der Waals surface area (Å²) >= 11 is 5.43. The lowest BCUT2D eigenvalue weighted by atomic mass is 10.1. The van der Waals surface area contributed by atoms with Crippen LogP contribution >= 0.6 is 12.2 Å². The van der Waals surface area contributed by atoms with E-state index >= 15 is 0 Å². The molecule has 4 aromatic rings. The molecule has 0 saturated heterocycles. The number of benzene rings is 3. The van der Waals surface area contributed by atoms with Gasteiger partial charge in [-0.15, -0.1) is 0 Å². The Labute approximate surface area is 205 Å². The highest BCUT2D eigenvalue weighted by Crippen LogP contribution is 2.29. The molecular formula is C27H22N4O3S. The number of aromatic amines is 1. The van der Waals surface area contributed by atoms with Gasteiger partial charge in [-0.25, -0.2) is 4.99 Å². The largest absolute Gasteiger partial charge is 0.494 e. The zero-order chi connectivity index (χ0) is 24.5. The maximum atomic E-state index is 12.9. The van der Waals surface area contributed by atoms with Crippen molar-refractivity contribution in [3.8, 4) is 11.6 Å². The van der Waals surface area contributed by atoms with Crippen LogP contribution < -0.4 is 21.5 Å². The molecule has 0 fully saturated rings. The molecule has 1 amide bonds. The lowest BCUT2D eigenvalue weighted by Crippen LogP contribution is -2.25. The molecule has 5 rings (SSSR count). The van der Waals surface area contributed by atoms with E-state index in [0.717, 1.165) is 26.9 Å². The van der Waals surface area contributed by atoms with E-state index in [1.165, 1.54) is 11.5 Å². The summed E-state index contributed by atoms with van der Waals surface area (Å²) in [6, 6.07) is 21.1. The molecule has 2 heterocycles. The summed E-state index contributed by atoms with van der Waals surface area (Å²) in [7, 11) is 0. The number of aromatic hydroxyl groups is 1. The van der Waals surface area contributed by atoms with Crippen LogP contribution in [0.1, 0.15) is 18.9 Å². The molecule has 8 heteroatoms. The number of aromatic nitrogens is 2. The average Bonchev–Trinajstić information content (AvgIpc) is 3.19. The Kier molecular flexibility index (Phi) is 5.88. The minimum atomic E-state index is -0.510. The standard InChI is InChI=1S/C27H22N4O3S/c1-16(32)28-14-13-20-19-10-4-5-11-22(19)29-23(20)15-21-25(33)30-27(35)31(26(21)34)24-12-6-8-17-7-2-3-9-18(17)24/h2-12,15,34H,13-14H2,1H3,(H,28,32)(H,30,33,35)/b23-15-. The molecule has 0 aliphatic carbocycles. The van der Waals surface area contributed by atoms with Crippen molar-refractivity contribution in [3.05, 3.63) is 104 Å². The fourth-order valence-electron chi connectivity index (χ4n) is 4.34. The number of carbonyl (C=O) groups is 1. The van der Waals surface area contributed by atoms with Gasteiger partial charge in [-0.2, -0.15) is 0 Å². The van der Waals surface area contributed by atoms with E-state index in [1.807, 2.05) is 66.7 Å². The number of H-pyrrole nitrogens is 1. The van der Waals surface area contributed by atoms with E-state index in [-0.39, 0.29) is 22.1 Å². The number of hydrogen-bond acceptors (Lipinski definition) is 5. The Morgan fingerprint density at radius 2 is 1.86 bits per heavy atom. The van der Waals surface area contributed by atoms with Crippen molar-refractivity contribution in [2.45, 2.75) is 13.3 Å². The Morgan fingerprint density at radius 1 is 1.11 bits per heavy atom. The Hall–Kier alpha value is -4.30. The molecule has 0 bridgehead atoms. The number of nitrogens with zero attached hydrogens (tertiary/aromatic N) is 2. The molecule has 3 aromatic carbocycles. The van der Waals surface area contributed by atoms with Gasteiger partial charge in [0, 0.05) is 24.1 Å². The molecule has 0 saturated carbocycles. The predicted octanol–water partition coefficient (Wildman–Crippen LogP) is 3.11. The molecule has 1 aromatic heterocycles. The molecule has 35 heavy (non-hydrogen) atoms. The number of allylic oxidation sites excluding steroid dienone is 1. The van der Waals surface area contributed by atoms with Crippen LogP contribution in [0.25, 0.3) is 28.1 Å². The molecule has 0 spiro atoms. The summed E-state index contributed by atoms with van der Waals surface area (Å²) < 4.78 is 1.55. The second-order valence-electron chi connectivity index (χ2n) is 8.20. The van der Waals surface area contributed by atoms with Gasteiger partial charge in [0.25, 0.3) is 5.56 Å². The average molecular weight is 483 g/mol. The van der Waals surface area contributed by atoms with Gasteiger partial charge in [-0.1, -0.05) is 54.6 Å². The maximum Gasteiger partial charge on any atom is 0.262 e. The molecule has 7 nitrogen and oxygen atoms in total. The van der Waals surface area contributed by atoms with Gasteiger partial charge in [0.05, 0.1) is 16.7 Å². The van der Waals surface area contributed by atoms with Crippen molar-refractivity contribution in [1.29, 1.82) is 0 Å². The van der Waals surface area contributed by atoms with Crippen LogP contribution in [0.5, 0.6) is 5.88 Å². The van der Waals surface area contributed by atoms with Crippen molar-refractivity contribution in [3.63, 3.8) is 0 Å². The molecule has 1 aliphatic rings. The van der Waals surface area contributed by atoms with Gasteiger partial charge in [0.15, 0.2) is 4.77 Å². The summed E-state index contributed by atoms with van der Waals surface area (Å²) in [4.78, 5) is 31.7. The molecular weight excluding hydrogens is 460 g/mol. The normalized spacial score (nSPS) is 13.6. The number of nitrogens with one attached hydrogen (secondary N) is 2. The summed E-state index contributed by atoms with van der Waals surface area (Å²) in [5.41, 5.74) is 1.63. The van der Waals surface area contributed by atoms with Crippen LogP contribution in [0.4, 0.5) is 0 Å². The zero-order valence-electron chi connectivity index (χ0n) is 18.9. The number of carbonyl (C=O) groups excluding carboxylic acids is 1. The summed E-state index contributed by atoms with van der Waals surface area (Å²) in [6.07, 6.45) is 2.10. The summed E-state index contributed by atoms with van der Waals surface area (Å²) in [5, 5.41) is 17.7. The first-order valence-electron chi connectivity index (χ1n) is 11.1. The monoisotopic (exact) mass is 482 g/mol. The SMILES string of the molecule is CC(=O)NCCC1=c2ccccc2=N/C1=C\c1c(O)n(-c2cccc3ccccc23)c(=S)[nH]c1=O. The smallest absolute Gasteiger partial charge is 0.262 e. The van der Waals surface area contributed by atoms with E-state index in [0.29, 0.717) is 24.4 Å². The van der Waals surface area contributed by atoms with Gasteiger partial charge >= 0.3 is 0 Å². The molecule has 0 atom stereocenters. The Morgan fingerprint density at radius 3 is 2.69 bits per heavy atom. The number of hydrogen-bond donors (Lipinski definition) is 3. The first-order valence-corrected chi connectivity index (χ1v) is 11.5. The summed E-state index contributed by atoms with van der Waals surface area (Å²) in [6.45, 7) is 1.89. The second-order valence-corrected chi connectivity index (χ2v) is 8.59. The molecule has 0 radical (unpaired) electrons. The molecule has 1 aliphatic heterocycles. The predicted molar refractivity (Wildman–Crippen MR) is 138 cm³/mol. The lowest BCUT2D eigenvalue weighted by molar-refractivity contribution is -0.118. The van der Waals surface area contributed by atoms with Crippen LogP contribution in [-0.2, 0) is 4.79 Å². The number of rotatable bonds is 5. The second kappa shape index (κ2) is 9.15. The van der Waals surface area contributed by atoms with E-state index in [1.54, 1.807) is 6.08 Å². The van der Waals surface area contributed by atoms with Gasteiger partial charge in [0.2, 0.25) is 11.8 Å². The third-order valence-corrected chi connectivity index (χ3v) is 6.22. The van der Waals surface area contributed by atoms with E-state index in [2.05, 4.69) is 10.3 Å². The van der Waals surface area contributed by atoms with Crippen LogP contribution in [0.2, 0.25) is 0 Å². The van der Waals surface area contributed by atoms with Crippen LogP contribution in [0.15, 0.2) is 82.2 Å². The highest BCUT2D eigenvalue weighted by Gasteiger charge is 2.18. The molecule has 0 unspecified atom stereocenters. The van der Waals surface area contributed by atoms with Crippen molar-refractivity contribution in [1.82, 2.24) is 14.9 Å². The van der Waals surface area contributed by atoms with Crippen molar-refractivity contribution >= 4 is 40.5 Å². The number of amides is 1. The van der Waals surface area contributed by atoms with Crippen LogP contribution in [0.3, 0.4) is 0 Å². The van der Waals surface area contributed by atoms with Gasteiger partial charge < -0.3 is 10.4 Å². The first kappa shape index (κ1) is 22.5.